The molecular weight excluding hydrogens is 215 g/mol. The third kappa shape index (κ3) is 2.47. The van der Waals surface area contributed by atoms with Crippen LogP contribution in [0.1, 0.15) is 25.3 Å². The van der Waals surface area contributed by atoms with E-state index in [-0.39, 0.29) is 5.75 Å². The molecule has 1 nitrogen and oxygen atoms in total. The fourth-order valence-corrected chi connectivity index (χ4v) is 1.80. The number of halogens is 1. The third-order valence-electron chi connectivity index (χ3n) is 2.85. The zero-order valence-corrected chi connectivity index (χ0v) is 9.94. The molecule has 0 unspecified atom stereocenters. The molecule has 0 radical (unpaired) electrons. The van der Waals surface area contributed by atoms with Gasteiger partial charge in [0.25, 0.3) is 0 Å². The third-order valence-corrected chi connectivity index (χ3v) is 2.85. The van der Waals surface area contributed by atoms with Gasteiger partial charge in [0.05, 0.1) is 0 Å². The quantitative estimate of drug-likeness (QED) is 0.814. The Morgan fingerprint density at radius 1 is 1.00 bits per heavy atom. The van der Waals surface area contributed by atoms with E-state index < -0.39 is 5.82 Å². The fourth-order valence-electron chi connectivity index (χ4n) is 1.80. The predicted octanol–water partition coefficient (Wildman–Crippen LogP) is 4.32. The highest BCUT2D eigenvalue weighted by molar-refractivity contribution is 5.70. The molecule has 17 heavy (non-hydrogen) atoms. The lowest BCUT2D eigenvalue weighted by molar-refractivity contribution is 0.471. The van der Waals surface area contributed by atoms with Crippen molar-refractivity contribution in [3.05, 3.63) is 53.8 Å². The van der Waals surface area contributed by atoms with Gasteiger partial charge in [-0.3, -0.25) is 0 Å². The largest absolute Gasteiger partial charge is 0.507 e. The van der Waals surface area contributed by atoms with Crippen molar-refractivity contribution in [2.24, 2.45) is 0 Å². The van der Waals surface area contributed by atoms with E-state index in [1.54, 1.807) is 6.07 Å². The van der Waals surface area contributed by atoms with Crippen LogP contribution in [0, 0.1) is 5.82 Å². The van der Waals surface area contributed by atoms with Gasteiger partial charge in [-0.05, 0) is 29.2 Å². The van der Waals surface area contributed by atoms with Crippen LogP contribution in [-0.4, -0.2) is 5.11 Å². The fraction of sp³-hybridized carbons (Fsp3) is 0.200. The van der Waals surface area contributed by atoms with E-state index in [1.165, 1.54) is 11.6 Å². The van der Waals surface area contributed by atoms with Gasteiger partial charge in [-0.2, -0.15) is 0 Å². The second kappa shape index (κ2) is 4.58. The number of rotatable bonds is 2. The summed E-state index contributed by atoms with van der Waals surface area (Å²) in [6.45, 7) is 4.26. The molecule has 0 heterocycles. The van der Waals surface area contributed by atoms with Crippen LogP contribution in [0.3, 0.4) is 0 Å². The molecule has 0 atom stereocenters. The van der Waals surface area contributed by atoms with Crippen molar-refractivity contribution in [1.82, 2.24) is 0 Å². The van der Waals surface area contributed by atoms with Gasteiger partial charge in [-0.25, -0.2) is 4.39 Å². The summed E-state index contributed by atoms with van der Waals surface area (Å²) in [5.74, 6) is 0.0261. The molecule has 2 aromatic carbocycles. The normalized spacial score (nSPS) is 10.8. The van der Waals surface area contributed by atoms with Crippen molar-refractivity contribution in [2.75, 3.05) is 0 Å². The lowest BCUT2D eigenvalue weighted by Crippen LogP contribution is -1.87. The molecule has 2 rings (SSSR count). The van der Waals surface area contributed by atoms with Crippen molar-refractivity contribution in [3.8, 4) is 16.9 Å². The van der Waals surface area contributed by atoms with Crippen LogP contribution in [-0.2, 0) is 0 Å². The van der Waals surface area contributed by atoms with Crippen LogP contribution in [0.4, 0.5) is 4.39 Å². The van der Waals surface area contributed by atoms with E-state index in [2.05, 4.69) is 13.8 Å². The topological polar surface area (TPSA) is 20.2 Å². The molecule has 0 saturated carbocycles. The number of phenols is 1. The van der Waals surface area contributed by atoms with Gasteiger partial charge in [0.1, 0.15) is 11.6 Å². The Bertz CT molecular complexity index is 515. The van der Waals surface area contributed by atoms with Crippen molar-refractivity contribution in [3.63, 3.8) is 0 Å². The second-order valence-electron chi connectivity index (χ2n) is 4.44. The molecule has 1 N–H and O–H groups in total. The highest BCUT2D eigenvalue weighted by atomic mass is 19.1. The summed E-state index contributed by atoms with van der Waals surface area (Å²) in [7, 11) is 0. The van der Waals surface area contributed by atoms with E-state index in [1.807, 2.05) is 24.3 Å². The minimum Gasteiger partial charge on any atom is -0.507 e. The molecule has 2 aromatic rings. The molecule has 0 aliphatic heterocycles. The molecule has 2 heteroatoms. The zero-order valence-electron chi connectivity index (χ0n) is 9.94. The van der Waals surface area contributed by atoms with E-state index >= 15 is 0 Å². The van der Waals surface area contributed by atoms with Crippen LogP contribution in [0.5, 0.6) is 5.75 Å². The van der Waals surface area contributed by atoms with Crippen molar-refractivity contribution in [1.29, 1.82) is 0 Å². The van der Waals surface area contributed by atoms with Crippen molar-refractivity contribution < 1.29 is 9.50 Å². The summed E-state index contributed by atoms with van der Waals surface area (Å²) in [6.07, 6.45) is 0. The highest BCUT2D eigenvalue weighted by Crippen LogP contribution is 2.30. The molecular formula is C15H15FO. The number of phenolic OH excluding ortho intramolecular Hbond substituents is 1. The van der Waals surface area contributed by atoms with Gasteiger partial charge in [0.2, 0.25) is 0 Å². The molecule has 0 aromatic heterocycles. The maximum atomic E-state index is 12.9. The summed E-state index contributed by atoms with van der Waals surface area (Å²) in [4.78, 5) is 0. The number of benzene rings is 2. The van der Waals surface area contributed by atoms with Gasteiger partial charge >= 0.3 is 0 Å². The molecule has 88 valence electrons. The number of aromatic hydroxyl groups is 1. The monoisotopic (exact) mass is 230 g/mol. The van der Waals surface area contributed by atoms with E-state index in [4.69, 9.17) is 0 Å². The van der Waals surface area contributed by atoms with Crippen LogP contribution >= 0.6 is 0 Å². The molecule has 0 saturated heterocycles. The Hall–Kier alpha value is -1.83. The first-order valence-electron chi connectivity index (χ1n) is 5.67. The highest BCUT2D eigenvalue weighted by Gasteiger charge is 2.06. The summed E-state index contributed by atoms with van der Waals surface area (Å²) in [5, 5.41) is 9.68. The standard InChI is InChI=1S/C15H15FO/c1-10(2)11-3-5-12(6-4-11)14-8-7-13(16)9-15(14)17/h3-10,17H,1-2H3. The van der Waals surface area contributed by atoms with Crippen LogP contribution in [0.15, 0.2) is 42.5 Å². The second-order valence-corrected chi connectivity index (χ2v) is 4.44. The van der Waals surface area contributed by atoms with E-state index in [9.17, 15) is 9.50 Å². The lowest BCUT2D eigenvalue weighted by Gasteiger charge is -2.08. The number of hydrogen-bond donors (Lipinski definition) is 1. The first kappa shape index (κ1) is 11.6. The molecule has 0 amide bonds. The molecule has 0 spiro atoms. The minimum absolute atomic E-state index is 0.0257. The van der Waals surface area contributed by atoms with E-state index in [0.717, 1.165) is 11.6 Å². The van der Waals surface area contributed by atoms with Gasteiger partial charge < -0.3 is 5.11 Å². The van der Waals surface area contributed by atoms with Crippen molar-refractivity contribution >= 4 is 0 Å². The maximum Gasteiger partial charge on any atom is 0.126 e. The number of hydrogen-bond acceptors (Lipinski definition) is 1. The average molecular weight is 230 g/mol. The average Bonchev–Trinajstić information content (AvgIpc) is 2.29. The van der Waals surface area contributed by atoms with Gasteiger partial charge in [0, 0.05) is 11.6 Å². The van der Waals surface area contributed by atoms with E-state index in [0.29, 0.717) is 11.5 Å². The zero-order chi connectivity index (χ0) is 12.4. The Kier molecular flexibility index (Phi) is 3.14. The Labute approximate surface area is 101 Å². The minimum atomic E-state index is -0.426. The SMILES string of the molecule is CC(C)c1ccc(-c2ccc(F)cc2O)cc1. The molecule has 0 bridgehead atoms. The maximum absolute atomic E-state index is 12.9. The smallest absolute Gasteiger partial charge is 0.126 e. The van der Waals surface area contributed by atoms with Crippen LogP contribution in [0.2, 0.25) is 0 Å². The van der Waals surface area contributed by atoms with Gasteiger partial charge in [-0.1, -0.05) is 38.1 Å². The summed E-state index contributed by atoms with van der Waals surface area (Å²) in [6, 6.07) is 12.0. The first-order chi connectivity index (χ1) is 8.08. The Balaban J connectivity index is 2.40. The van der Waals surface area contributed by atoms with Gasteiger partial charge in [0.15, 0.2) is 0 Å². The summed E-state index contributed by atoms with van der Waals surface area (Å²) < 4.78 is 12.9. The summed E-state index contributed by atoms with van der Waals surface area (Å²) in [5.41, 5.74) is 2.80. The summed E-state index contributed by atoms with van der Waals surface area (Å²) >= 11 is 0. The Morgan fingerprint density at radius 2 is 1.65 bits per heavy atom. The molecule has 0 aliphatic carbocycles. The first-order valence-corrected chi connectivity index (χ1v) is 5.67. The molecule has 0 aliphatic rings. The Morgan fingerprint density at radius 3 is 2.18 bits per heavy atom. The lowest BCUT2D eigenvalue weighted by atomic mass is 9.98. The van der Waals surface area contributed by atoms with Crippen LogP contribution < -0.4 is 0 Å². The van der Waals surface area contributed by atoms with Crippen LogP contribution in [0.25, 0.3) is 11.1 Å². The molecule has 0 fully saturated rings. The predicted molar refractivity (Wildman–Crippen MR) is 67.6 cm³/mol. The van der Waals surface area contributed by atoms with Crippen molar-refractivity contribution in [2.45, 2.75) is 19.8 Å². The van der Waals surface area contributed by atoms with Gasteiger partial charge in [-0.15, -0.1) is 0 Å².